The van der Waals surface area contributed by atoms with Gasteiger partial charge in [0.25, 0.3) is 0 Å². The summed E-state index contributed by atoms with van der Waals surface area (Å²) in [5.41, 5.74) is 2.26. The van der Waals surface area contributed by atoms with E-state index >= 15 is 0 Å². The Morgan fingerprint density at radius 1 is 1.29 bits per heavy atom. The number of benzene rings is 1. The molecule has 0 unspecified atom stereocenters. The highest BCUT2D eigenvalue weighted by atomic mass is 35.5. The predicted octanol–water partition coefficient (Wildman–Crippen LogP) is 3.99. The van der Waals surface area contributed by atoms with Crippen LogP contribution in [0.25, 0.3) is 11.3 Å². The molecule has 0 radical (unpaired) electrons. The van der Waals surface area contributed by atoms with E-state index < -0.39 is 0 Å². The minimum Gasteiger partial charge on any atom is -0.294 e. The summed E-state index contributed by atoms with van der Waals surface area (Å²) in [6.07, 6.45) is 2.13. The molecule has 0 atom stereocenters. The molecule has 0 N–H and O–H groups in total. The molecule has 0 saturated carbocycles. The van der Waals surface area contributed by atoms with Crippen molar-refractivity contribution in [2.24, 2.45) is 0 Å². The summed E-state index contributed by atoms with van der Waals surface area (Å²) in [5, 5.41) is 0.640. The summed E-state index contributed by atoms with van der Waals surface area (Å²) in [5.74, 6) is 0.112. The lowest BCUT2D eigenvalue weighted by molar-refractivity contribution is 0.0988. The summed E-state index contributed by atoms with van der Waals surface area (Å²) in [6.45, 7) is 1.85. The number of carbonyl (C=O) groups is 1. The number of carbonyl (C=O) groups excluding carboxylic acids is 1. The fraction of sp³-hybridized carbons (Fsp3) is 0.143. The minimum absolute atomic E-state index is 0.112. The quantitative estimate of drug-likeness (QED) is 0.766. The monoisotopic (exact) mass is 245 g/mol. The molecule has 0 spiro atoms. The van der Waals surface area contributed by atoms with Crippen molar-refractivity contribution in [1.29, 1.82) is 0 Å². The zero-order valence-corrected chi connectivity index (χ0v) is 10.2. The van der Waals surface area contributed by atoms with Gasteiger partial charge in [-0.1, -0.05) is 36.7 Å². The molecule has 1 heterocycles. The lowest BCUT2D eigenvalue weighted by Crippen LogP contribution is -1.97. The number of rotatable bonds is 3. The van der Waals surface area contributed by atoms with Crippen LogP contribution in [0.4, 0.5) is 0 Å². The Bertz CT molecular complexity index is 551. The van der Waals surface area contributed by atoms with E-state index in [4.69, 9.17) is 11.6 Å². The van der Waals surface area contributed by atoms with Crippen molar-refractivity contribution < 1.29 is 4.79 Å². The summed E-state index contributed by atoms with van der Waals surface area (Å²) >= 11 is 6.10. The van der Waals surface area contributed by atoms with E-state index in [0.29, 0.717) is 17.0 Å². The number of halogens is 1. The molecule has 0 fully saturated rings. The van der Waals surface area contributed by atoms with Gasteiger partial charge in [-0.3, -0.25) is 9.78 Å². The molecule has 0 bridgehead atoms. The van der Waals surface area contributed by atoms with Gasteiger partial charge in [0.15, 0.2) is 5.78 Å². The van der Waals surface area contributed by atoms with Gasteiger partial charge in [0.1, 0.15) is 0 Å². The van der Waals surface area contributed by atoms with Gasteiger partial charge in [0, 0.05) is 28.8 Å². The molecular weight excluding hydrogens is 234 g/mol. The van der Waals surface area contributed by atoms with Gasteiger partial charge in [-0.25, -0.2) is 0 Å². The van der Waals surface area contributed by atoms with Gasteiger partial charge in [0.05, 0.1) is 5.69 Å². The number of pyridine rings is 1. The van der Waals surface area contributed by atoms with Gasteiger partial charge in [0.2, 0.25) is 0 Å². The molecule has 0 aliphatic heterocycles. The number of aromatic nitrogens is 1. The van der Waals surface area contributed by atoms with Crippen molar-refractivity contribution in [3.8, 4) is 11.3 Å². The number of ketones is 1. The van der Waals surface area contributed by atoms with Crippen molar-refractivity contribution in [2.45, 2.75) is 13.3 Å². The third-order valence-corrected chi connectivity index (χ3v) is 2.88. The van der Waals surface area contributed by atoms with E-state index in [9.17, 15) is 4.79 Å². The first-order chi connectivity index (χ1) is 8.22. The minimum atomic E-state index is 0.112. The van der Waals surface area contributed by atoms with Gasteiger partial charge in [-0.05, 0) is 18.2 Å². The first-order valence-corrected chi connectivity index (χ1v) is 5.84. The molecule has 1 aromatic heterocycles. The Labute approximate surface area is 105 Å². The van der Waals surface area contributed by atoms with Crippen LogP contribution in [-0.2, 0) is 0 Å². The highest BCUT2D eigenvalue weighted by Gasteiger charge is 2.08. The molecule has 1 aromatic carbocycles. The third kappa shape index (κ3) is 2.53. The van der Waals surface area contributed by atoms with Crippen LogP contribution in [0.5, 0.6) is 0 Å². The molecular formula is C14H12ClNO. The van der Waals surface area contributed by atoms with Crippen LogP contribution in [0.3, 0.4) is 0 Å². The summed E-state index contributed by atoms with van der Waals surface area (Å²) in [4.78, 5) is 15.9. The first-order valence-electron chi connectivity index (χ1n) is 5.46. The van der Waals surface area contributed by atoms with Crippen LogP contribution in [0.1, 0.15) is 23.7 Å². The van der Waals surface area contributed by atoms with Gasteiger partial charge < -0.3 is 0 Å². The number of hydrogen-bond acceptors (Lipinski definition) is 2. The molecule has 2 nitrogen and oxygen atoms in total. The van der Waals surface area contributed by atoms with Crippen LogP contribution in [0, 0.1) is 0 Å². The van der Waals surface area contributed by atoms with Gasteiger partial charge >= 0.3 is 0 Å². The van der Waals surface area contributed by atoms with E-state index in [1.165, 1.54) is 0 Å². The Kier molecular flexibility index (Phi) is 3.55. The average molecular weight is 246 g/mol. The molecule has 2 rings (SSSR count). The van der Waals surface area contributed by atoms with E-state index in [0.717, 1.165) is 11.3 Å². The average Bonchev–Trinajstić information content (AvgIpc) is 2.38. The lowest BCUT2D eigenvalue weighted by atomic mass is 10.1. The SMILES string of the molecule is CCC(=O)c1ccnc(-c2ccccc2Cl)c1. The van der Waals surface area contributed by atoms with E-state index in [-0.39, 0.29) is 5.78 Å². The maximum absolute atomic E-state index is 11.6. The molecule has 0 amide bonds. The van der Waals surface area contributed by atoms with Crippen molar-refractivity contribution in [2.75, 3.05) is 0 Å². The van der Waals surface area contributed by atoms with Gasteiger partial charge in [-0.2, -0.15) is 0 Å². The predicted molar refractivity (Wildman–Crippen MR) is 69.3 cm³/mol. The Morgan fingerprint density at radius 2 is 2.06 bits per heavy atom. The second-order valence-electron chi connectivity index (χ2n) is 3.69. The fourth-order valence-corrected chi connectivity index (χ4v) is 1.86. The molecule has 0 saturated heterocycles. The maximum atomic E-state index is 11.6. The largest absolute Gasteiger partial charge is 0.294 e. The second kappa shape index (κ2) is 5.11. The smallest absolute Gasteiger partial charge is 0.162 e. The normalized spacial score (nSPS) is 10.2. The molecule has 0 aliphatic rings. The fourth-order valence-electron chi connectivity index (χ4n) is 1.62. The Balaban J connectivity index is 2.47. The standard InChI is InChI=1S/C14H12ClNO/c1-2-14(17)10-7-8-16-13(9-10)11-5-3-4-6-12(11)15/h3-9H,2H2,1H3. The van der Waals surface area contributed by atoms with Crippen LogP contribution >= 0.6 is 11.6 Å². The van der Waals surface area contributed by atoms with Crippen molar-refractivity contribution >= 4 is 17.4 Å². The summed E-state index contributed by atoms with van der Waals surface area (Å²) < 4.78 is 0. The second-order valence-corrected chi connectivity index (χ2v) is 4.09. The highest BCUT2D eigenvalue weighted by Crippen LogP contribution is 2.26. The number of nitrogens with zero attached hydrogens (tertiary/aromatic N) is 1. The van der Waals surface area contributed by atoms with Crippen molar-refractivity contribution in [3.05, 3.63) is 53.2 Å². The summed E-state index contributed by atoms with van der Waals surface area (Å²) in [7, 11) is 0. The third-order valence-electron chi connectivity index (χ3n) is 2.55. The number of Topliss-reactive ketones (excluding diaryl/α,β-unsaturated/α-hetero) is 1. The zero-order valence-electron chi connectivity index (χ0n) is 9.48. The highest BCUT2D eigenvalue weighted by molar-refractivity contribution is 6.33. The van der Waals surface area contributed by atoms with E-state index in [1.807, 2.05) is 31.2 Å². The molecule has 3 heteroatoms. The van der Waals surface area contributed by atoms with Crippen LogP contribution in [-0.4, -0.2) is 10.8 Å². The van der Waals surface area contributed by atoms with Crippen LogP contribution in [0.15, 0.2) is 42.6 Å². The lowest BCUT2D eigenvalue weighted by Gasteiger charge is -2.05. The van der Waals surface area contributed by atoms with Crippen LogP contribution < -0.4 is 0 Å². The molecule has 86 valence electrons. The molecule has 17 heavy (non-hydrogen) atoms. The van der Waals surface area contributed by atoms with Crippen molar-refractivity contribution in [3.63, 3.8) is 0 Å². The maximum Gasteiger partial charge on any atom is 0.162 e. The summed E-state index contributed by atoms with van der Waals surface area (Å²) in [6, 6.07) is 11.0. The Hall–Kier alpha value is -1.67. The number of hydrogen-bond donors (Lipinski definition) is 0. The van der Waals surface area contributed by atoms with E-state index in [2.05, 4.69) is 4.98 Å². The van der Waals surface area contributed by atoms with Crippen LogP contribution in [0.2, 0.25) is 5.02 Å². The zero-order chi connectivity index (χ0) is 12.3. The van der Waals surface area contributed by atoms with E-state index in [1.54, 1.807) is 18.3 Å². The van der Waals surface area contributed by atoms with Gasteiger partial charge in [-0.15, -0.1) is 0 Å². The first kappa shape index (κ1) is 11.8. The Morgan fingerprint density at radius 3 is 2.76 bits per heavy atom. The molecule has 2 aromatic rings. The topological polar surface area (TPSA) is 30.0 Å². The molecule has 0 aliphatic carbocycles. The van der Waals surface area contributed by atoms with Crippen molar-refractivity contribution in [1.82, 2.24) is 4.98 Å².